The maximum atomic E-state index is 9.62. The molecule has 2 atom stereocenters. The molecule has 3 N–H and O–H groups in total. The standard InChI is InChI=1S/C23H49O3Si/c1-5-7-8-9-10-11-12-13-14-15-16-17-18-19-20-21(3)22(4)23(6-2)27(24,25)26/h21,23-26H,5-20H2,1-4H3. The van der Waals surface area contributed by atoms with E-state index in [0.29, 0.717) is 12.3 Å². The molecule has 1 radical (unpaired) electrons. The predicted molar refractivity (Wildman–Crippen MR) is 119 cm³/mol. The molecule has 0 saturated carbocycles. The first-order valence-corrected chi connectivity index (χ1v) is 13.8. The normalized spacial score (nSPS) is 14.7. The minimum absolute atomic E-state index is 0.352. The highest BCUT2D eigenvalue weighted by Gasteiger charge is 2.42. The number of rotatable bonds is 19. The van der Waals surface area contributed by atoms with Crippen LogP contribution in [0.5, 0.6) is 0 Å². The summed E-state index contributed by atoms with van der Waals surface area (Å²) < 4.78 is 0. The molecular weight excluding hydrogens is 352 g/mol. The van der Waals surface area contributed by atoms with Crippen LogP contribution in [-0.2, 0) is 0 Å². The fourth-order valence-corrected chi connectivity index (χ4v) is 5.56. The summed E-state index contributed by atoms with van der Waals surface area (Å²) in [6.07, 6.45) is 20.9. The summed E-state index contributed by atoms with van der Waals surface area (Å²) in [7, 11) is -4.04. The van der Waals surface area contributed by atoms with Crippen molar-refractivity contribution in [3.05, 3.63) is 5.92 Å². The molecule has 0 fully saturated rings. The Bertz CT molecular complexity index is 317. The lowest BCUT2D eigenvalue weighted by atomic mass is 9.87. The molecule has 0 heterocycles. The zero-order chi connectivity index (χ0) is 20.5. The Hall–Kier alpha value is 0.0969. The monoisotopic (exact) mass is 401 g/mol. The van der Waals surface area contributed by atoms with Crippen LogP contribution in [0.2, 0.25) is 5.54 Å². The van der Waals surface area contributed by atoms with Gasteiger partial charge < -0.3 is 14.4 Å². The second-order valence-electron chi connectivity index (χ2n) is 8.68. The lowest BCUT2D eigenvalue weighted by molar-refractivity contribution is 0.205. The van der Waals surface area contributed by atoms with Crippen molar-refractivity contribution < 1.29 is 14.4 Å². The molecule has 0 aromatic carbocycles. The first-order valence-electron chi connectivity index (χ1n) is 11.8. The third kappa shape index (κ3) is 14.7. The summed E-state index contributed by atoms with van der Waals surface area (Å²) in [5.41, 5.74) is -0.417. The van der Waals surface area contributed by atoms with Gasteiger partial charge in [-0.2, -0.15) is 0 Å². The summed E-state index contributed by atoms with van der Waals surface area (Å²) in [4.78, 5) is 28.9. The first-order chi connectivity index (χ1) is 12.8. The van der Waals surface area contributed by atoms with Crippen molar-refractivity contribution in [1.82, 2.24) is 0 Å². The summed E-state index contributed by atoms with van der Waals surface area (Å²) in [5, 5.41) is 0. The fraction of sp³-hybridized carbons (Fsp3) is 0.957. The average Bonchev–Trinajstić information content (AvgIpc) is 2.61. The van der Waals surface area contributed by atoms with Crippen molar-refractivity contribution in [2.45, 2.75) is 136 Å². The quantitative estimate of drug-likeness (QED) is 0.165. The van der Waals surface area contributed by atoms with E-state index in [1.165, 1.54) is 89.9 Å². The van der Waals surface area contributed by atoms with Gasteiger partial charge in [0.15, 0.2) is 0 Å². The summed E-state index contributed by atoms with van der Waals surface area (Å²) in [6.45, 7) is 8.32. The molecule has 0 aromatic rings. The zero-order valence-electron chi connectivity index (χ0n) is 18.8. The largest absolute Gasteiger partial charge is 0.496 e. The van der Waals surface area contributed by atoms with E-state index in [-0.39, 0.29) is 0 Å². The minimum Gasteiger partial charge on any atom is -0.390 e. The van der Waals surface area contributed by atoms with Crippen molar-refractivity contribution in [1.29, 1.82) is 0 Å². The molecule has 3 nitrogen and oxygen atoms in total. The van der Waals surface area contributed by atoms with Gasteiger partial charge in [-0.15, -0.1) is 0 Å². The number of hydrogen-bond donors (Lipinski definition) is 3. The van der Waals surface area contributed by atoms with E-state index >= 15 is 0 Å². The van der Waals surface area contributed by atoms with E-state index in [0.717, 1.165) is 12.3 Å². The fourth-order valence-electron chi connectivity index (χ4n) is 4.12. The highest BCUT2D eigenvalue weighted by Crippen LogP contribution is 2.37. The molecule has 0 amide bonds. The zero-order valence-corrected chi connectivity index (χ0v) is 19.8. The molecule has 4 heteroatoms. The molecule has 27 heavy (non-hydrogen) atoms. The molecule has 0 saturated heterocycles. The van der Waals surface area contributed by atoms with Crippen LogP contribution in [0, 0.1) is 11.8 Å². The molecule has 0 aromatic heterocycles. The first kappa shape index (κ1) is 27.1. The van der Waals surface area contributed by atoms with Gasteiger partial charge in [-0.3, -0.25) is 0 Å². The van der Waals surface area contributed by atoms with Crippen LogP contribution in [-0.4, -0.2) is 23.2 Å². The van der Waals surface area contributed by atoms with E-state index in [1.807, 2.05) is 13.8 Å². The Morgan fingerprint density at radius 3 is 1.37 bits per heavy atom. The van der Waals surface area contributed by atoms with Gasteiger partial charge in [-0.1, -0.05) is 124 Å². The van der Waals surface area contributed by atoms with Crippen molar-refractivity contribution in [3.63, 3.8) is 0 Å². The maximum Gasteiger partial charge on any atom is 0.496 e. The topological polar surface area (TPSA) is 60.7 Å². The van der Waals surface area contributed by atoms with Gasteiger partial charge in [0.1, 0.15) is 0 Å². The van der Waals surface area contributed by atoms with Gasteiger partial charge >= 0.3 is 8.80 Å². The summed E-state index contributed by atoms with van der Waals surface area (Å²) in [5.74, 6) is 1.41. The van der Waals surface area contributed by atoms with Crippen LogP contribution in [0.3, 0.4) is 0 Å². The van der Waals surface area contributed by atoms with Crippen molar-refractivity contribution >= 4 is 8.80 Å². The van der Waals surface area contributed by atoms with Crippen molar-refractivity contribution in [2.24, 2.45) is 5.92 Å². The molecule has 0 aliphatic rings. The Kier molecular flexibility index (Phi) is 17.1. The van der Waals surface area contributed by atoms with Crippen LogP contribution in [0.4, 0.5) is 0 Å². The second kappa shape index (κ2) is 17.0. The lowest BCUT2D eigenvalue weighted by Crippen LogP contribution is -2.43. The van der Waals surface area contributed by atoms with E-state index < -0.39 is 14.3 Å². The highest BCUT2D eigenvalue weighted by molar-refractivity contribution is 6.58. The molecule has 0 aliphatic carbocycles. The van der Waals surface area contributed by atoms with Gasteiger partial charge in [0, 0.05) is 5.54 Å². The Morgan fingerprint density at radius 1 is 0.667 bits per heavy atom. The predicted octanol–water partition coefficient (Wildman–Crippen LogP) is 6.78. The Balaban J connectivity index is 3.51. The molecule has 2 unspecified atom stereocenters. The molecule has 163 valence electrons. The lowest BCUT2D eigenvalue weighted by Gasteiger charge is -2.30. The van der Waals surface area contributed by atoms with Gasteiger partial charge in [0.25, 0.3) is 0 Å². The number of unbranched alkanes of at least 4 members (excludes halogenated alkanes) is 13. The third-order valence-electron chi connectivity index (χ3n) is 6.19. The minimum atomic E-state index is -4.04. The van der Waals surface area contributed by atoms with Crippen molar-refractivity contribution in [2.75, 3.05) is 0 Å². The summed E-state index contributed by atoms with van der Waals surface area (Å²) in [6, 6.07) is 0. The molecular formula is C23H49O3Si. The number of hydrogen-bond acceptors (Lipinski definition) is 3. The van der Waals surface area contributed by atoms with E-state index in [1.54, 1.807) is 0 Å². The van der Waals surface area contributed by atoms with E-state index in [2.05, 4.69) is 13.8 Å². The SMILES string of the molecule is CCCCCCCCCCCCCCCCC(C)[C](C)C(CC)[Si](O)(O)O. The van der Waals surface area contributed by atoms with Crippen LogP contribution >= 0.6 is 0 Å². The Labute approximate surface area is 171 Å². The van der Waals surface area contributed by atoms with Gasteiger partial charge in [-0.05, 0) is 18.3 Å². The van der Waals surface area contributed by atoms with Gasteiger partial charge in [-0.25, -0.2) is 0 Å². The molecule has 0 aliphatic heterocycles. The van der Waals surface area contributed by atoms with Crippen LogP contribution in [0.1, 0.15) is 130 Å². The van der Waals surface area contributed by atoms with Crippen LogP contribution in [0.15, 0.2) is 0 Å². The molecule has 0 spiro atoms. The van der Waals surface area contributed by atoms with E-state index in [9.17, 15) is 14.4 Å². The van der Waals surface area contributed by atoms with Crippen LogP contribution < -0.4 is 0 Å². The van der Waals surface area contributed by atoms with Gasteiger partial charge in [0.05, 0.1) is 0 Å². The van der Waals surface area contributed by atoms with Crippen molar-refractivity contribution in [3.8, 4) is 0 Å². The average molecular weight is 402 g/mol. The smallest absolute Gasteiger partial charge is 0.390 e. The van der Waals surface area contributed by atoms with Crippen LogP contribution in [0.25, 0.3) is 0 Å². The highest BCUT2D eigenvalue weighted by atomic mass is 28.4. The Morgan fingerprint density at radius 2 is 1.04 bits per heavy atom. The summed E-state index contributed by atoms with van der Waals surface area (Å²) >= 11 is 0. The maximum absolute atomic E-state index is 9.62. The van der Waals surface area contributed by atoms with E-state index in [4.69, 9.17) is 0 Å². The molecule has 0 rings (SSSR count). The second-order valence-corrected chi connectivity index (χ2v) is 10.7. The molecule has 0 bridgehead atoms. The third-order valence-corrected chi connectivity index (χ3v) is 7.99. The van der Waals surface area contributed by atoms with Gasteiger partial charge in [0.2, 0.25) is 0 Å².